The molecule has 0 unspecified atom stereocenters. The molecular weight excluding hydrogens is 142 g/mol. The maximum Gasteiger partial charge on any atom is 0.212 e. The Morgan fingerprint density at radius 3 is 2.22 bits per heavy atom. The molecule has 0 atom stereocenters. The van der Waals surface area contributed by atoms with Gasteiger partial charge in [-0.1, -0.05) is 11.6 Å². The first-order valence-corrected chi connectivity index (χ1v) is 2.74. The zero-order valence-corrected chi connectivity index (χ0v) is 5.55. The lowest BCUT2D eigenvalue weighted by atomic mass is 10.6. The van der Waals surface area contributed by atoms with Crippen molar-refractivity contribution in [2.45, 2.75) is 0 Å². The monoisotopic (exact) mass is 147 g/mol. The number of aromatic hydroxyl groups is 2. The van der Waals surface area contributed by atoms with E-state index in [9.17, 15) is 0 Å². The summed E-state index contributed by atoms with van der Waals surface area (Å²) in [6, 6.07) is 1.27. The van der Waals surface area contributed by atoms with Gasteiger partial charge in [0.1, 0.15) is 5.02 Å². The first-order chi connectivity index (χ1) is 4.13. The van der Waals surface area contributed by atoms with E-state index in [0.717, 1.165) is 0 Å². The summed E-state index contributed by atoms with van der Waals surface area (Å²) in [5.74, 6) is -0.160. The summed E-state index contributed by atoms with van der Waals surface area (Å²) in [7, 11) is 1.51. The lowest BCUT2D eigenvalue weighted by Gasteiger charge is -1.93. The summed E-state index contributed by atoms with van der Waals surface area (Å²) in [5.41, 5.74) is 0. The first kappa shape index (κ1) is 6.29. The normalized spacial score (nSPS) is 10.0. The molecule has 0 amide bonds. The highest BCUT2D eigenvalue weighted by Gasteiger charge is 2.06. The van der Waals surface area contributed by atoms with Gasteiger partial charge in [-0.05, 0) is 0 Å². The van der Waals surface area contributed by atoms with E-state index in [1.54, 1.807) is 0 Å². The van der Waals surface area contributed by atoms with Gasteiger partial charge in [0.2, 0.25) is 5.88 Å². The summed E-state index contributed by atoms with van der Waals surface area (Å²) in [6.45, 7) is 0. The van der Waals surface area contributed by atoms with Crippen molar-refractivity contribution in [3.05, 3.63) is 11.1 Å². The molecule has 1 rings (SSSR count). The van der Waals surface area contributed by atoms with Gasteiger partial charge in [0.25, 0.3) is 0 Å². The molecule has 0 fully saturated rings. The average Bonchev–Trinajstić information content (AvgIpc) is 1.98. The van der Waals surface area contributed by atoms with E-state index < -0.39 is 0 Å². The zero-order valence-electron chi connectivity index (χ0n) is 4.80. The van der Waals surface area contributed by atoms with Gasteiger partial charge in [-0.15, -0.1) is 0 Å². The van der Waals surface area contributed by atoms with Crippen molar-refractivity contribution in [1.82, 2.24) is 4.57 Å². The van der Waals surface area contributed by atoms with Crippen molar-refractivity contribution in [1.29, 1.82) is 0 Å². The van der Waals surface area contributed by atoms with E-state index in [4.69, 9.17) is 21.8 Å². The van der Waals surface area contributed by atoms with Crippen LogP contribution in [0.25, 0.3) is 0 Å². The molecule has 3 nitrogen and oxygen atoms in total. The minimum absolute atomic E-state index is 0.0440. The molecule has 0 aromatic carbocycles. The number of hydrogen-bond donors (Lipinski definition) is 2. The lowest BCUT2D eigenvalue weighted by Crippen LogP contribution is -1.83. The molecule has 0 aliphatic heterocycles. The van der Waals surface area contributed by atoms with Crippen LogP contribution < -0.4 is 0 Å². The topological polar surface area (TPSA) is 45.4 Å². The van der Waals surface area contributed by atoms with Crippen molar-refractivity contribution >= 4 is 11.6 Å². The van der Waals surface area contributed by atoms with E-state index in [1.807, 2.05) is 0 Å². The number of nitrogens with zero attached hydrogens (tertiary/aromatic N) is 1. The quantitative estimate of drug-likeness (QED) is 0.577. The van der Waals surface area contributed by atoms with E-state index in [2.05, 4.69) is 0 Å². The molecular formula is C5H6ClNO2. The van der Waals surface area contributed by atoms with E-state index in [0.29, 0.717) is 0 Å². The van der Waals surface area contributed by atoms with E-state index in [1.165, 1.54) is 17.7 Å². The Hall–Kier alpha value is -0.830. The molecule has 1 aromatic rings. The van der Waals surface area contributed by atoms with Gasteiger partial charge in [-0.25, -0.2) is 0 Å². The third-order valence-electron chi connectivity index (χ3n) is 1.13. The van der Waals surface area contributed by atoms with Gasteiger partial charge in [-0.3, -0.25) is 4.57 Å². The van der Waals surface area contributed by atoms with Crippen LogP contribution in [0.5, 0.6) is 11.8 Å². The predicted molar refractivity (Wildman–Crippen MR) is 33.8 cm³/mol. The summed E-state index contributed by atoms with van der Waals surface area (Å²) < 4.78 is 1.18. The van der Waals surface area contributed by atoms with Crippen LogP contribution in [0.3, 0.4) is 0 Å². The van der Waals surface area contributed by atoms with Gasteiger partial charge in [-0.2, -0.15) is 0 Å². The minimum atomic E-state index is -0.117. The maximum absolute atomic E-state index is 8.90. The van der Waals surface area contributed by atoms with Crippen LogP contribution in [0.15, 0.2) is 6.07 Å². The standard InChI is InChI=1S/C5H6ClNO2/c1-7-4(8)2-3(6)5(7)9/h2,8-9H,1H3. The Balaban J connectivity index is 3.29. The number of hydrogen-bond acceptors (Lipinski definition) is 2. The second-order valence-electron chi connectivity index (χ2n) is 1.73. The summed E-state index contributed by atoms with van der Waals surface area (Å²) in [5, 5.41) is 17.9. The number of aromatic nitrogens is 1. The minimum Gasteiger partial charge on any atom is -0.494 e. The molecule has 50 valence electrons. The average molecular weight is 148 g/mol. The Morgan fingerprint density at radius 2 is 2.11 bits per heavy atom. The van der Waals surface area contributed by atoms with E-state index in [-0.39, 0.29) is 16.8 Å². The summed E-state index contributed by atoms with van der Waals surface area (Å²) in [6.07, 6.45) is 0. The fourth-order valence-corrected chi connectivity index (χ4v) is 0.768. The van der Waals surface area contributed by atoms with Crippen LogP contribution >= 0.6 is 11.6 Å². The fraction of sp³-hybridized carbons (Fsp3) is 0.200. The molecule has 0 spiro atoms. The summed E-state index contributed by atoms with van der Waals surface area (Å²) >= 11 is 5.40. The van der Waals surface area contributed by atoms with E-state index >= 15 is 0 Å². The van der Waals surface area contributed by atoms with Crippen LogP contribution in [0.1, 0.15) is 0 Å². The molecule has 0 aliphatic rings. The first-order valence-electron chi connectivity index (χ1n) is 2.36. The Bertz CT molecular complexity index is 209. The van der Waals surface area contributed by atoms with Crippen LogP contribution in [0, 0.1) is 0 Å². The van der Waals surface area contributed by atoms with Crippen LogP contribution in [0.4, 0.5) is 0 Å². The predicted octanol–water partition coefficient (Wildman–Crippen LogP) is 1.09. The highest BCUT2D eigenvalue weighted by atomic mass is 35.5. The van der Waals surface area contributed by atoms with Crippen LogP contribution in [0.2, 0.25) is 5.02 Å². The number of halogens is 1. The van der Waals surface area contributed by atoms with Gasteiger partial charge in [0, 0.05) is 13.1 Å². The molecule has 1 heterocycles. The highest BCUT2D eigenvalue weighted by Crippen LogP contribution is 2.29. The molecule has 0 aliphatic carbocycles. The maximum atomic E-state index is 8.90. The van der Waals surface area contributed by atoms with Gasteiger partial charge in [0.15, 0.2) is 5.88 Å². The van der Waals surface area contributed by atoms with Crippen LogP contribution in [-0.4, -0.2) is 14.8 Å². The van der Waals surface area contributed by atoms with Crippen molar-refractivity contribution in [2.24, 2.45) is 7.05 Å². The number of rotatable bonds is 0. The largest absolute Gasteiger partial charge is 0.494 e. The Morgan fingerprint density at radius 1 is 1.56 bits per heavy atom. The van der Waals surface area contributed by atoms with Gasteiger partial charge >= 0.3 is 0 Å². The Labute approximate surface area is 57.1 Å². The SMILES string of the molecule is Cn1c(O)cc(Cl)c1O. The lowest BCUT2D eigenvalue weighted by molar-refractivity contribution is 0.387. The molecule has 9 heavy (non-hydrogen) atoms. The van der Waals surface area contributed by atoms with Gasteiger partial charge < -0.3 is 10.2 Å². The molecule has 0 saturated carbocycles. The zero-order chi connectivity index (χ0) is 7.02. The molecule has 0 radical (unpaired) electrons. The highest BCUT2D eigenvalue weighted by molar-refractivity contribution is 6.32. The third kappa shape index (κ3) is 0.833. The van der Waals surface area contributed by atoms with Crippen LogP contribution in [-0.2, 0) is 7.05 Å². The third-order valence-corrected chi connectivity index (χ3v) is 1.41. The summed E-state index contributed by atoms with van der Waals surface area (Å²) in [4.78, 5) is 0. The molecule has 0 bridgehead atoms. The smallest absolute Gasteiger partial charge is 0.212 e. The molecule has 4 heteroatoms. The fourth-order valence-electron chi connectivity index (χ4n) is 0.543. The Kier molecular flexibility index (Phi) is 1.29. The van der Waals surface area contributed by atoms with Crippen molar-refractivity contribution in [3.8, 4) is 11.8 Å². The molecule has 0 saturated heterocycles. The van der Waals surface area contributed by atoms with Crippen molar-refractivity contribution in [2.75, 3.05) is 0 Å². The van der Waals surface area contributed by atoms with Crippen molar-refractivity contribution < 1.29 is 10.2 Å². The second kappa shape index (κ2) is 1.84. The molecule has 1 aromatic heterocycles. The second-order valence-corrected chi connectivity index (χ2v) is 2.14. The van der Waals surface area contributed by atoms with Crippen molar-refractivity contribution in [3.63, 3.8) is 0 Å². The molecule has 2 N–H and O–H groups in total. The van der Waals surface area contributed by atoms with Gasteiger partial charge in [0.05, 0.1) is 0 Å².